The fraction of sp³-hybridized carbons (Fsp3) is 0.650. The number of hydrogen-bond acceptors (Lipinski definition) is 7. The Bertz CT molecular complexity index is 1110. The van der Waals surface area contributed by atoms with Gasteiger partial charge in [-0.3, -0.25) is 9.36 Å². The van der Waals surface area contributed by atoms with Gasteiger partial charge < -0.3 is 10.4 Å². The quantitative estimate of drug-likeness (QED) is 0.742. The van der Waals surface area contributed by atoms with E-state index < -0.39 is 16.1 Å². The Labute approximate surface area is 176 Å². The second-order valence-corrected chi connectivity index (χ2v) is 10.6. The highest BCUT2D eigenvalue weighted by Gasteiger charge is 2.34. The smallest absolute Gasteiger partial charge is 0.255 e. The molecule has 1 aliphatic carbocycles. The number of nitrogens with zero attached hydrogens (tertiary/aromatic N) is 4. The second kappa shape index (κ2) is 7.90. The Kier molecular flexibility index (Phi) is 5.58. The highest BCUT2D eigenvalue weighted by atomic mass is 32.2. The molecule has 3 heterocycles. The van der Waals surface area contributed by atoms with Gasteiger partial charge in [0.2, 0.25) is 16.0 Å². The first kappa shape index (κ1) is 21.2. The molecular formula is C20H29N5O4S. The zero-order valence-electron chi connectivity index (χ0n) is 17.6. The van der Waals surface area contributed by atoms with Crippen LogP contribution in [-0.2, 0) is 10.0 Å². The van der Waals surface area contributed by atoms with Gasteiger partial charge in [-0.05, 0) is 38.7 Å². The zero-order valence-corrected chi connectivity index (χ0v) is 18.4. The van der Waals surface area contributed by atoms with Gasteiger partial charge in [-0.2, -0.15) is 4.98 Å². The maximum atomic E-state index is 13.0. The standard InChI is InChI=1S/C20H29N5O4S/c1-12-10-14-11-21-20(22-15-6-8-24(9-7-15)30(3,28)29)23-18(14)25(19(12)27)16-4-5-17(26)13(16)2/h10-11,13,15-17,26H,4-9H2,1-3H3,(H,21,22,23)/t13-,16+,17+/m0/s1. The van der Waals surface area contributed by atoms with Gasteiger partial charge in [-0.1, -0.05) is 6.92 Å². The normalized spacial score (nSPS) is 26.3. The van der Waals surface area contributed by atoms with Gasteiger partial charge in [-0.25, -0.2) is 17.7 Å². The average molecular weight is 436 g/mol. The molecule has 1 saturated heterocycles. The molecule has 2 aromatic rings. The fourth-order valence-corrected chi connectivity index (χ4v) is 5.51. The summed E-state index contributed by atoms with van der Waals surface area (Å²) in [5, 5.41) is 14.3. The van der Waals surface area contributed by atoms with Gasteiger partial charge in [0.15, 0.2) is 0 Å². The molecule has 9 nitrogen and oxygen atoms in total. The third kappa shape index (κ3) is 3.95. The summed E-state index contributed by atoms with van der Waals surface area (Å²) in [7, 11) is -3.17. The third-order valence-electron chi connectivity index (χ3n) is 6.51. The molecule has 2 aromatic heterocycles. The van der Waals surface area contributed by atoms with Crippen LogP contribution in [0.2, 0.25) is 0 Å². The molecule has 2 fully saturated rings. The molecule has 1 saturated carbocycles. The number of pyridine rings is 1. The second-order valence-electron chi connectivity index (χ2n) is 8.63. The number of sulfonamides is 1. The molecule has 0 spiro atoms. The maximum Gasteiger partial charge on any atom is 0.255 e. The Hall–Kier alpha value is -2.04. The number of aliphatic hydroxyl groups excluding tert-OH is 1. The summed E-state index contributed by atoms with van der Waals surface area (Å²) in [6, 6.07) is 1.77. The number of anilines is 1. The van der Waals surface area contributed by atoms with Gasteiger partial charge in [0.25, 0.3) is 5.56 Å². The van der Waals surface area contributed by atoms with E-state index >= 15 is 0 Å². The lowest BCUT2D eigenvalue weighted by Crippen LogP contribution is -2.42. The summed E-state index contributed by atoms with van der Waals surface area (Å²) in [6.07, 6.45) is 5.27. The van der Waals surface area contributed by atoms with E-state index in [1.54, 1.807) is 23.8 Å². The van der Waals surface area contributed by atoms with Crippen LogP contribution in [0.5, 0.6) is 0 Å². The molecule has 0 bridgehead atoms. The van der Waals surface area contributed by atoms with Crippen LogP contribution in [0.25, 0.3) is 11.0 Å². The molecule has 4 rings (SSSR count). The van der Waals surface area contributed by atoms with Crippen LogP contribution in [0.3, 0.4) is 0 Å². The SMILES string of the molecule is Cc1cc2cnc(NC3CCN(S(C)(=O)=O)CC3)nc2n([C@@H]2CC[C@@H](O)[C@H]2C)c1=O. The molecule has 10 heteroatoms. The van der Waals surface area contributed by atoms with Crippen molar-refractivity contribution in [3.8, 4) is 0 Å². The van der Waals surface area contributed by atoms with Crippen LogP contribution in [0, 0.1) is 12.8 Å². The lowest BCUT2D eigenvalue weighted by atomic mass is 10.0. The molecule has 2 aliphatic rings. The van der Waals surface area contributed by atoms with Gasteiger partial charge in [0, 0.05) is 48.2 Å². The molecule has 0 amide bonds. The highest BCUT2D eigenvalue weighted by molar-refractivity contribution is 7.88. The third-order valence-corrected chi connectivity index (χ3v) is 7.82. The Morgan fingerprint density at radius 2 is 1.90 bits per heavy atom. The van der Waals surface area contributed by atoms with Crippen molar-refractivity contribution in [2.75, 3.05) is 24.7 Å². The number of aryl methyl sites for hydroxylation is 1. The van der Waals surface area contributed by atoms with Gasteiger partial charge in [0.1, 0.15) is 5.65 Å². The Balaban J connectivity index is 1.63. The van der Waals surface area contributed by atoms with Crippen molar-refractivity contribution < 1.29 is 13.5 Å². The van der Waals surface area contributed by atoms with Crippen LogP contribution in [0.15, 0.2) is 17.1 Å². The number of rotatable bonds is 4. The van der Waals surface area contributed by atoms with Crippen molar-refractivity contribution in [3.05, 3.63) is 28.2 Å². The predicted octanol–water partition coefficient (Wildman–Crippen LogP) is 1.27. The Morgan fingerprint density at radius 3 is 2.50 bits per heavy atom. The summed E-state index contributed by atoms with van der Waals surface area (Å²) < 4.78 is 26.6. The van der Waals surface area contributed by atoms with E-state index in [-0.39, 0.29) is 23.6 Å². The topological polar surface area (TPSA) is 117 Å². The van der Waals surface area contributed by atoms with E-state index in [9.17, 15) is 18.3 Å². The number of nitrogens with one attached hydrogen (secondary N) is 1. The molecule has 0 radical (unpaired) electrons. The van der Waals surface area contributed by atoms with Crippen molar-refractivity contribution in [2.45, 2.75) is 57.7 Å². The molecule has 0 aromatic carbocycles. The van der Waals surface area contributed by atoms with E-state index in [2.05, 4.69) is 15.3 Å². The zero-order chi connectivity index (χ0) is 21.6. The molecule has 30 heavy (non-hydrogen) atoms. The monoisotopic (exact) mass is 435 g/mol. The summed E-state index contributed by atoms with van der Waals surface area (Å²) in [5.41, 5.74) is 1.12. The highest BCUT2D eigenvalue weighted by Crippen LogP contribution is 2.36. The average Bonchev–Trinajstić information content (AvgIpc) is 3.02. The summed E-state index contributed by atoms with van der Waals surface area (Å²) in [5.74, 6) is 0.405. The van der Waals surface area contributed by atoms with Crippen LogP contribution in [0.4, 0.5) is 5.95 Å². The number of hydrogen-bond donors (Lipinski definition) is 2. The van der Waals surface area contributed by atoms with Gasteiger partial charge >= 0.3 is 0 Å². The summed E-state index contributed by atoms with van der Waals surface area (Å²) in [6.45, 7) is 4.69. The first-order valence-electron chi connectivity index (χ1n) is 10.4. The molecule has 2 N–H and O–H groups in total. The minimum absolute atomic E-state index is 0.0283. The van der Waals surface area contributed by atoms with Crippen molar-refractivity contribution in [3.63, 3.8) is 0 Å². The molecule has 3 atom stereocenters. The van der Waals surface area contributed by atoms with Crippen LogP contribution < -0.4 is 10.9 Å². The summed E-state index contributed by atoms with van der Waals surface area (Å²) >= 11 is 0. The van der Waals surface area contributed by atoms with E-state index in [4.69, 9.17) is 0 Å². The van der Waals surface area contributed by atoms with Crippen molar-refractivity contribution in [1.29, 1.82) is 0 Å². The minimum Gasteiger partial charge on any atom is -0.393 e. The lowest BCUT2D eigenvalue weighted by Gasteiger charge is -2.30. The molecule has 0 unspecified atom stereocenters. The number of aromatic nitrogens is 3. The van der Waals surface area contributed by atoms with E-state index in [0.29, 0.717) is 49.5 Å². The largest absolute Gasteiger partial charge is 0.393 e. The van der Waals surface area contributed by atoms with Gasteiger partial charge in [-0.15, -0.1) is 0 Å². The molecule has 164 valence electrons. The fourth-order valence-electron chi connectivity index (χ4n) is 4.64. The number of piperidine rings is 1. The maximum absolute atomic E-state index is 13.0. The van der Waals surface area contributed by atoms with E-state index in [0.717, 1.165) is 11.8 Å². The number of fused-ring (bicyclic) bond motifs is 1. The first-order chi connectivity index (χ1) is 14.1. The van der Waals surface area contributed by atoms with Crippen LogP contribution in [0.1, 0.15) is 44.2 Å². The number of aliphatic hydroxyl groups is 1. The Morgan fingerprint density at radius 1 is 1.20 bits per heavy atom. The van der Waals surface area contributed by atoms with E-state index in [1.165, 1.54) is 10.6 Å². The lowest BCUT2D eigenvalue weighted by molar-refractivity contribution is 0.129. The van der Waals surface area contributed by atoms with Gasteiger partial charge in [0.05, 0.1) is 12.4 Å². The van der Waals surface area contributed by atoms with Crippen molar-refractivity contribution in [1.82, 2.24) is 18.8 Å². The first-order valence-corrected chi connectivity index (χ1v) is 12.3. The van der Waals surface area contributed by atoms with E-state index in [1.807, 2.05) is 6.92 Å². The van der Waals surface area contributed by atoms with Crippen molar-refractivity contribution >= 4 is 27.0 Å². The predicted molar refractivity (Wildman–Crippen MR) is 115 cm³/mol. The summed E-state index contributed by atoms with van der Waals surface area (Å²) in [4.78, 5) is 22.1. The van der Waals surface area contributed by atoms with Crippen molar-refractivity contribution in [2.24, 2.45) is 5.92 Å². The molecule has 1 aliphatic heterocycles. The molecular weight excluding hydrogens is 406 g/mol. The van der Waals surface area contributed by atoms with Crippen LogP contribution >= 0.6 is 0 Å². The van der Waals surface area contributed by atoms with Crippen LogP contribution in [-0.4, -0.2) is 63.9 Å². The minimum atomic E-state index is -3.17.